The first-order valence-electron chi connectivity index (χ1n) is 24.7. The van der Waals surface area contributed by atoms with Crippen molar-refractivity contribution in [1.29, 1.82) is 0 Å². The number of nitrogens with one attached hydrogen (secondary N) is 2. The summed E-state index contributed by atoms with van der Waals surface area (Å²) in [5, 5.41) is 15.1. The van der Waals surface area contributed by atoms with Crippen molar-refractivity contribution in [2.24, 2.45) is 4.99 Å². The number of allylic oxidation sites excluding steroid dienone is 2. The van der Waals surface area contributed by atoms with Crippen molar-refractivity contribution in [1.82, 2.24) is 15.1 Å². The molecule has 4 aliphatic rings. The molecule has 18 nitrogen and oxygen atoms in total. The number of aliphatic imine (C=N–C) groups is 1. The molecule has 0 radical (unpaired) electrons. The van der Waals surface area contributed by atoms with Gasteiger partial charge in [0.25, 0.3) is 11.8 Å². The van der Waals surface area contributed by atoms with E-state index in [4.69, 9.17) is 48.0 Å². The summed E-state index contributed by atoms with van der Waals surface area (Å²) in [5.74, 6) is 0.784. The number of rotatable bonds is 27. The van der Waals surface area contributed by atoms with Crippen molar-refractivity contribution in [3.05, 3.63) is 93.6 Å². The number of nitrogens with zero attached hydrogens (tertiary/aromatic N) is 3. The van der Waals surface area contributed by atoms with Crippen LogP contribution in [0, 0.1) is 0 Å². The maximum atomic E-state index is 13.8. The molecule has 73 heavy (non-hydrogen) atoms. The number of fused-ring (bicyclic) bond motifs is 4. The third-order valence-corrected chi connectivity index (χ3v) is 14.5. The van der Waals surface area contributed by atoms with E-state index in [2.05, 4.69) is 48.8 Å². The number of anilines is 1. The Labute approximate surface area is 431 Å². The number of carboxylic acids is 1. The predicted molar refractivity (Wildman–Crippen MR) is 278 cm³/mol. The lowest BCUT2D eigenvalue weighted by molar-refractivity contribution is -0.138. The molecule has 19 heteroatoms. The van der Waals surface area contributed by atoms with E-state index in [1.807, 2.05) is 42.0 Å². The molecule has 2 saturated heterocycles. The van der Waals surface area contributed by atoms with Crippen molar-refractivity contribution in [3.8, 4) is 23.0 Å². The number of benzene rings is 3. The van der Waals surface area contributed by atoms with Crippen LogP contribution in [0.4, 0.5) is 11.4 Å². The molecule has 7 rings (SSSR count). The fourth-order valence-corrected chi connectivity index (χ4v) is 9.80. The van der Waals surface area contributed by atoms with E-state index in [1.54, 1.807) is 32.4 Å². The number of carbonyl (C=O) groups excluding carboxylic acids is 3. The zero-order valence-electron chi connectivity index (χ0n) is 42.8. The fourth-order valence-electron chi connectivity index (χ4n) is 8.92. The molecule has 2 fully saturated rings. The third-order valence-electron chi connectivity index (χ3n) is 13.1. The summed E-state index contributed by atoms with van der Waals surface area (Å²) < 4.78 is 45.8. The minimum Gasteiger partial charge on any atom is -0.493 e. The number of carbonyl (C=O) groups is 4. The topological polar surface area (TPSA) is 205 Å². The summed E-state index contributed by atoms with van der Waals surface area (Å²) in [6, 6.07) is 13.1. The maximum Gasteiger partial charge on any atom is 0.305 e. The van der Waals surface area contributed by atoms with Crippen LogP contribution in [-0.4, -0.2) is 156 Å². The zero-order chi connectivity index (χ0) is 51.9. The molecule has 3 amide bonds. The number of carboxylic acid groups (broad SMARTS) is 1. The lowest BCUT2D eigenvalue weighted by Gasteiger charge is -2.26. The first kappa shape index (κ1) is 54.6. The van der Waals surface area contributed by atoms with Gasteiger partial charge in [0.2, 0.25) is 5.91 Å². The van der Waals surface area contributed by atoms with Crippen LogP contribution < -0.4 is 29.6 Å². The van der Waals surface area contributed by atoms with Crippen LogP contribution in [0.15, 0.2) is 70.8 Å². The first-order chi connectivity index (χ1) is 35.3. The van der Waals surface area contributed by atoms with Gasteiger partial charge in [-0.05, 0) is 75.4 Å². The number of methoxy groups -OCH3 is 2. The van der Waals surface area contributed by atoms with Crippen molar-refractivity contribution < 1.29 is 62.2 Å². The summed E-state index contributed by atoms with van der Waals surface area (Å²) in [6.07, 6.45) is 7.53. The van der Waals surface area contributed by atoms with Crippen LogP contribution in [-0.2, 0) is 46.5 Å². The number of aliphatic carboxylic acids is 1. The summed E-state index contributed by atoms with van der Waals surface area (Å²) in [7, 11) is 3.11. The quantitative estimate of drug-likeness (QED) is 0.0522. The van der Waals surface area contributed by atoms with Crippen LogP contribution in [0.5, 0.6) is 23.0 Å². The molecule has 0 saturated carbocycles. The Morgan fingerprint density at radius 1 is 0.753 bits per heavy atom. The van der Waals surface area contributed by atoms with E-state index < -0.39 is 10.7 Å². The highest BCUT2D eigenvalue weighted by atomic mass is 32.2. The normalized spacial score (nSPS) is 18.2. The molecular weight excluding hydrogens is 959 g/mol. The van der Waals surface area contributed by atoms with Crippen LogP contribution >= 0.6 is 11.8 Å². The number of thioether (sulfide) groups is 1. The predicted octanol–water partition coefficient (Wildman–Crippen LogP) is 6.95. The summed E-state index contributed by atoms with van der Waals surface area (Å²) >= 11 is 1.50. The van der Waals surface area contributed by atoms with Gasteiger partial charge >= 0.3 is 5.97 Å². The highest BCUT2D eigenvalue weighted by Crippen LogP contribution is 2.42. The van der Waals surface area contributed by atoms with Crippen LogP contribution in [0.2, 0.25) is 0 Å². The minimum atomic E-state index is -0.900. The standard InChI is InChI=1S/C54H69N5O13S/c1-7-35-22-40-28-56-44-26-48(46(65-5)24-42(44)52(63)58(40)30-35)71-32-37-19-38(33-72-49-27-45-43(25-47(49)66-6)53(64)59-31-36(8-2)23-41(59)29-57-45)21-39(20-37)54(3,4)73-34-50(60)55-10-12-68-14-16-70-18-17-69-15-13-67-11-9-51(61)62/h7-8,19-21,24-28,40-41,57H,9-18,22-23,29-34H2,1-6H3,(H,55,60)(H,61,62)/b35-7+,36-8+/t40-,41?/m0/s1. The summed E-state index contributed by atoms with van der Waals surface area (Å²) in [5.41, 5.74) is 7.25. The largest absolute Gasteiger partial charge is 0.493 e. The van der Waals surface area contributed by atoms with Gasteiger partial charge < -0.3 is 63.4 Å². The Balaban J connectivity index is 0.991. The average molecular weight is 1030 g/mol. The molecule has 394 valence electrons. The smallest absolute Gasteiger partial charge is 0.305 e. The highest BCUT2D eigenvalue weighted by molar-refractivity contribution is 8.00. The van der Waals surface area contributed by atoms with Crippen LogP contribution in [0.25, 0.3) is 0 Å². The highest BCUT2D eigenvalue weighted by Gasteiger charge is 2.37. The van der Waals surface area contributed by atoms with Gasteiger partial charge in [0.1, 0.15) is 13.2 Å². The van der Waals surface area contributed by atoms with Crippen molar-refractivity contribution in [2.45, 2.75) is 77.0 Å². The van der Waals surface area contributed by atoms with Crippen molar-refractivity contribution in [3.63, 3.8) is 0 Å². The lowest BCUT2D eigenvalue weighted by atomic mass is 9.97. The Bertz CT molecular complexity index is 2550. The Morgan fingerprint density at radius 3 is 1.96 bits per heavy atom. The van der Waals surface area contributed by atoms with Crippen molar-refractivity contribution >= 4 is 53.0 Å². The van der Waals surface area contributed by atoms with Crippen LogP contribution in [0.1, 0.15) is 84.4 Å². The lowest BCUT2D eigenvalue weighted by Crippen LogP contribution is -2.36. The maximum absolute atomic E-state index is 13.8. The molecule has 4 heterocycles. The van der Waals surface area contributed by atoms with Crippen molar-refractivity contribution in [2.75, 3.05) is 104 Å². The number of hydrogen-bond acceptors (Lipinski definition) is 15. The number of hydrogen-bond donors (Lipinski definition) is 3. The van der Waals surface area contributed by atoms with Gasteiger partial charge in [0.15, 0.2) is 23.0 Å². The fraction of sp³-hybridized carbons (Fsp3) is 0.500. The number of ether oxygens (including phenoxy) is 8. The summed E-state index contributed by atoms with van der Waals surface area (Å²) in [4.78, 5) is 59.7. The Kier molecular flexibility index (Phi) is 19.6. The van der Waals surface area contributed by atoms with E-state index in [0.29, 0.717) is 118 Å². The molecule has 3 aromatic rings. The second-order valence-corrected chi connectivity index (χ2v) is 20.1. The van der Waals surface area contributed by atoms with Gasteiger partial charge in [0, 0.05) is 49.3 Å². The molecule has 0 spiro atoms. The SMILES string of the molecule is C/C=C1\CC2CNc3cc(OCc4cc(COc5cc6c(cc5OC)C(=O)N5C/C(=C/C)C[C@H]5C=N6)cc(C(C)(C)SCC(=O)NCCOCCOCCOCCOCCC(=O)O)c4)c(OC)cc3C(=O)N2C1. The summed E-state index contributed by atoms with van der Waals surface area (Å²) in [6.45, 7) is 13.2. The van der Waals surface area contributed by atoms with Gasteiger partial charge in [-0.15, -0.1) is 11.8 Å². The molecule has 0 aliphatic carbocycles. The second kappa shape index (κ2) is 26.2. The molecular formula is C54H69N5O13S. The van der Waals surface area contributed by atoms with E-state index in [-0.39, 0.29) is 61.8 Å². The monoisotopic (exact) mass is 1030 g/mol. The van der Waals surface area contributed by atoms with E-state index in [9.17, 15) is 19.2 Å². The molecule has 2 atom stereocenters. The molecule has 1 unspecified atom stereocenters. The third kappa shape index (κ3) is 14.6. The molecule has 3 N–H and O–H groups in total. The Hall–Kier alpha value is -6.12. The molecule has 0 aromatic heterocycles. The van der Waals surface area contributed by atoms with Gasteiger partial charge in [-0.2, -0.15) is 0 Å². The molecule has 4 aliphatic heterocycles. The van der Waals surface area contributed by atoms with Gasteiger partial charge in [-0.25, -0.2) is 0 Å². The molecule has 0 bridgehead atoms. The van der Waals surface area contributed by atoms with E-state index in [0.717, 1.165) is 29.5 Å². The second-order valence-electron chi connectivity index (χ2n) is 18.5. The minimum absolute atomic E-state index is 0.0381. The number of amides is 3. The van der Waals surface area contributed by atoms with Gasteiger partial charge in [-0.1, -0.05) is 35.4 Å². The Morgan fingerprint density at radius 2 is 1.33 bits per heavy atom. The van der Waals surface area contributed by atoms with E-state index >= 15 is 0 Å². The first-order valence-corrected chi connectivity index (χ1v) is 25.7. The van der Waals surface area contributed by atoms with E-state index in [1.165, 1.54) is 22.9 Å². The average Bonchev–Trinajstić information content (AvgIpc) is 3.96. The van der Waals surface area contributed by atoms with Crippen LogP contribution in [0.3, 0.4) is 0 Å². The van der Waals surface area contributed by atoms with Gasteiger partial charge in [-0.3, -0.25) is 24.2 Å². The molecule has 3 aromatic carbocycles. The zero-order valence-corrected chi connectivity index (χ0v) is 43.6. The van der Waals surface area contributed by atoms with Gasteiger partial charge in [0.05, 0.1) is 114 Å².